The molecule has 4 aromatic rings. The van der Waals surface area contributed by atoms with Crippen molar-refractivity contribution in [1.82, 2.24) is 95.8 Å². The van der Waals surface area contributed by atoms with Crippen LogP contribution in [0, 0.1) is 11.8 Å². The van der Waals surface area contributed by atoms with E-state index in [1.54, 1.807) is 110 Å². The summed E-state index contributed by atoms with van der Waals surface area (Å²) >= 11 is 0. The number of nitrogens with two attached hydrogens (primary N) is 2. The summed E-state index contributed by atoms with van der Waals surface area (Å²) in [6.45, 7) is 24.6. The van der Waals surface area contributed by atoms with Gasteiger partial charge in [-0.05, 0) is 194 Å². The molecule has 1 aliphatic heterocycles. The van der Waals surface area contributed by atoms with Gasteiger partial charge in [0, 0.05) is 95.3 Å². The van der Waals surface area contributed by atoms with Crippen LogP contribution in [0.25, 0.3) is 10.9 Å². The minimum Gasteiger partial charge on any atom is -0.508 e. The number of carbonyl (C=O) groups excluding carboxylic acids is 19. The van der Waals surface area contributed by atoms with E-state index >= 15 is 9.59 Å². The van der Waals surface area contributed by atoms with E-state index in [4.69, 9.17) is 11.5 Å². The van der Waals surface area contributed by atoms with Crippen LogP contribution in [0.1, 0.15) is 249 Å². The lowest BCUT2D eigenvalue weighted by molar-refractivity contribution is -0.142. The Hall–Kier alpha value is -11.3. The van der Waals surface area contributed by atoms with Gasteiger partial charge in [0.15, 0.2) is 52.0 Å². The van der Waals surface area contributed by atoms with Gasteiger partial charge in [0.25, 0.3) is 0 Å². The van der Waals surface area contributed by atoms with Crippen LogP contribution in [-0.4, -0.2) is 286 Å². The van der Waals surface area contributed by atoms with Gasteiger partial charge in [-0.3, -0.25) is 107 Å². The maximum absolute atomic E-state index is 15.1. The Labute approximate surface area is 869 Å². The Bertz CT molecular complexity index is 5090. The summed E-state index contributed by atoms with van der Waals surface area (Å²) in [7, 11) is 0. The number of aromatic amines is 1. The van der Waals surface area contributed by atoms with Crippen LogP contribution in [0.2, 0.25) is 0 Å². The molecule has 41 nitrogen and oxygen atoms in total. The number of rotatable bonds is 52. The molecule has 6 amide bonds. The van der Waals surface area contributed by atoms with Gasteiger partial charge in [0.2, 0.25) is 47.0 Å². The minimum absolute atomic E-state index is 0.00164. The fourth-order valence-corrected chi connectivity index (χ4v) is 16.6. The van der Waals surface area contributed by atoms with Crippen molar-refractivity contribution in [3.05, 3.63) is 114 Å². The van der Waals surface area contributed by atoms with Crippen LogP contribution < -0.4 is 102 Å². The van der Waals surface area contributed by atoms with Crippen molar-refractivity contribution in [1.29, 1.82) is 0 Å². The SMILES string of the molecule is CC(=O)N[C@@H](CC(C)C)C(=O)N[C@H](C(=O)C(=O)[C@H](Cc1ccccc1)NN[C@]1(C)CCCCCC/C=C/CCC[C@@](C)(C(=O)CN[C@@H](C)C(=O)CCN[C@@H](C)C(=O)CCN[C@@H](C)C(=O)CCN[C@@H](C)C(=O)CCC(=O)[C@H](C)NCN[C@H](C)C(N)=O)NC(=O)[C@H](CC(C)C)NN[C@@H](CCC(N)=O)C(=O)CN[C@@H](C)C(=O)CC(=O)[C@H](Cc2c[nH]c3ccccc23)NC(=O)[C@H](Cc2ccc(O)cc2)NCC(=O)[C@H](C)NCC1=O)[C@@H](C)O. The molecular formula is C107H166N20O21. The number of hydrogen-bond acceptors (Lipinski definition) is 34. The van der Waals surface area contributed by atoms with E-state index in [0.717, 1.165) is 0 Å². The Kier molecular flexibility index (Phi) is 56.4. The van der Waals surface area contributed by atoms with Crippen molar-refractivity contribution in [2.45, 2.75) is 360 Å². The predicted octanol–water partition coefficient (Wildman–Crippen LogP) is 2.09. The summed E-state index contributed by atoms with van der Waals surface area (Å²) in [6, 6.07) is 6.28. The molecule has 0 bridgehead atoms. The van der Waals surface area contributed by atoms with Gasteiger partial charge in [-0.2, -0.15) is 0 Å². The van der Waals surface area contributed by atoms with Crippen LogP contribution in [0.4, 0.5) is 0 Å². The first-order chi connectivity index (χ1) is 69.9. The Balaban J connectivity index is 1.40. The molecule has 0 saturated carbocycles. The van der Waals surface area contributed by atoms with E-state index in [1.807, 2.05) is 58.0 Å². The molecule has 0 fully saturated rings. The molecule has 0 radical (unpaired) electrons. The van der Waals surface area contributed by atoms with Crippen LogP contribution in [0.3, 0.4) is 0 Å². The van der Waals surface area contributed by atoms with E-state index < -0.39 is 216 Å². The molecule has 2 heterocycles. The monoisotopic (exact) mass is 2070 g/mol. The number of Topliss-reactive ketones (excluding diaryl/α,β-unsaturated/α-hetero) is 13. The molecule has 148 heavy (non-hydrogen) atoms. The number of ketones is 13. The number of primary amides is 2. The first kappa shape index (κ1) is 127. The summed E-state index contributed by atoms with van der Waals surface area (Å²) in [5.74, 6) is -11.1. The van der Waals surface area contributed by atoms with Crippen molar-refractivity contribution in [2.24, 2.45) is 23.3 Å². The number of hydrazine groups is 2. The van der Waals surface area contributed by atoms with Crippen molar-refractivity contribution >= 4 is 122 Å². The second-order valence-electron chi connectivity index (χ2n) is 40.5. The van der Waals surface area contributed by atoms with E-state index in [9.17, 15) is 91.7 Å². The molecule has 820 valence electrons. The van der Waals surface area contributed by atoms with E-state index in [0.29, 0.717) is 72.5 Å². The molecule has 5 rings (SSSR count). The highest BCUT2D eigenvalue weighted by molar-refractivity contribution is 6.41. The number of phenolic OH excluding ortho intramolecular Hbond substituents is 1. The molecule has 3 aromatic carbocycles. The predicted molar refractivity (Wildman–Crippen MR) is 563 cm³/mol. The lowest BCUT2D eigenvalue weighted by Gasteiger charge is -2.33. The summed E-state index contributed by atoms with van der Waals surface area (Å²) in [5.41, 5.74) is 22.2. The zero-order valence-electron chi connectivity index (χ0n) is 89.1. The van der Waals surface area contributed by atoms with Crippen LogP contribution in [-0.2, 0) is 110 Å². The van der Waals surface area contributed by atoms with Gasteiger partial charge in [-0.15, -0.1) is 0 Å². The number of hydrogen-bond donors (Lipinski definition) is 22. The number of allylic oxidation sites excluding steroid dienone is 2. The van der Waals surface area contributed by atoms with E-state index in [1.165, 1.54) is 39.8 Å². The number of phenols is 1. The number of para-hydroxylation sites is 1. The highest BCUT2D eigenvalue weighted by Crippen LogP contribution is 2.25. The number of aromatic hydroxyl groups is 1. The minimum atomic E-state index is -1.77. The number of aliphatic hydroxyl groups is 1. The van der Waals surface area contributed by atoms with Gasteiger partial charge in [-0.1, -0.05) is 120 Å². The second kappa shape index (κ2) is 65.6. The maximum atomic E-state index is 15.1. The van der Waals surface area contributed by atoms with Crippen molar-refractivity contribution in [3.8, 4) is 5.75 Å². The molecule has 24 N–H and O–H groups in total. The maximum Gasteiger partial charge on any atom is 0.243 e. The molecule has 0 saturated heterocycles. The average molecular weight is 2070 g/mol. The third-order valence-electron chi connectivity index (χ3n) is 26.8. The molecule has 0 unspecified atom stereocenters. The lowest BCUT2D eigenvalue weighted by Crippen LogP contribution is -2.64. The first-order valence-corrected chi connectivity index (χ1v) is 51.9. The van der Waals surface area contributed by atoms with Crippen molar-refractivity contribution in [2.75, 3.05) is 52.5 Å². The van der Waals surface area contributed by atoms with Crippen molar-refractivity contribution < 1.29 is 101 Å². The van der Waals surface area contributed by atoms with Gasteiger partial charge < -0.3 is 79.8 Å². The van der Waals surface area contributed by atoms with Gasteiger partial charge in [-0.25, -0.2) is 21.7 Å². The van der Waals surface area contributed by atoms with Crippen LogP contribution in [0.5, 0.6) is 5.75 Å². The molecule has 0 aliphatic carbocycles. The van der Waals surface area contributed by atoms with Crippen LogP contribution >= 0.6 is 0 Å². The normalized spacial score (nSPS) is 22.0. The van der Waals surface area contributed by atoms with Gasteiger partial charge in [0.05, 0.1) is 122 Å². The number of aliphatic hydroxyl groups excluding tert-OH is 1. The number of benzene rings is 3. The number of fused-ring (bicyclic) bond motifs is 1. The highest BCUT2D eigenvalue weighted by atomic mass is 16.3. The van der Waals surface area contributed by atoms with E-state index in [2.05, 4.69) is 95.8 Å². The second-order valence-corrected chi connectivity index (χ2v) is 40.5. The Morgan fingerprint density at radius 2 is 1.04 bits per heavy atom. The fraction of sp³-hybridized carbons (Fsp3) is 0.617. The van der Waals surface area contributed by atoms with Crippen LogP contribution in [0.15, 0.2) is 97.2 Å². The molecular weight excluding hydrogens is 1900 g/mol. The Morgan fingerprint density at radius 3 is 1.62 bits per heavy atom. The van der Waals surface area contributed by atoms with Crippen molar-refractivity contribution in [3.63, 3.8) is 0 Å². The third-order valence-corrected chi connectivity index (χ3v) is 26.8. The van der Waals surface area contributed by atoms with E-state index in [-0.39, 0.29) is 169 Å². The summed E-state index contributed by atoms with van der Waals surface area (Å²) in [6.07, 6.45) is 6.80. The Morgan fingerprint density at radius 1 is 0.500 bits per heavy atom. The number of aromatic nitrogens is 1. The molecule has 1 aliphatic rings. The smallest absolute Gasteiger partial charge is 0.243 e. The largest absolute Gasteiger partial charge is 0.508 e. The number of nitrogens with one attached hydrogen (secondary N) is 18. The first-order valence-electron chi connectivity index (χ1n) is 51.9. The zero-order chi connectivity index (χ0) is 110. The third kappa shape index (κ3) is 46.0. The number of H-pyrrole nitrogens is 1. The average Bonchev–Trinajstić information content (AvgIpc) is 1.60. The van der Waals surface area contributed by atoms with Gasteiger partial charge >= 0.3 is 0 Å². The standard InChI is InChI=1S/C107H166N20O21/c1-63(2)51-85(120-74(14)129)104(147)122-99(73(13)128)101(144)100(143)83(53-75-31-25-24-26-32-75)126-127-107(16)47-30-23-21-19-17-18-20-22-29-46-106(15,96(140)60-114-68(8)91(135)45-50-112-67(7)90(134)44-49-111-66(6)89(133)43-48-110-65(5)87(131)40-41-88(132)69(9)118-62-119-72(12)102(109)145)123-105(148)86(52-64(3)4)125-124-81(39-42-98(108)142)95(139)59-113-70(10)92(136)56-93(137)82(55-77-57-116-80-34-28-27-33-79(77)80)121-103(146)84(54-76-35-37-78(130)38-36-76)117-58-94(138)71(11)115-61-97(107)141/h18,20,24-28,31-38,57,63-73,81-86,99,110-119,124-128,130H,17,19,21-23,29-30,39-56,58-62H2,1-16H3,(H2,108,142)(H2,109,145)(H,120,129)(H,121,146)(H,122,147)(H,123,148)/b20-18+/t65-,66-,67-,68-,69-,70-,71-,72+,73+,81-,82-,83-,84-,85-,86-,99-,106-,107+/m0/s1. The summed E-state index contributed by atoms with van der Waals surface area (Å²) < 4.78 is 0. The molecule has 0 spiro atoms. The van der Waals surface area contributed by atoms with Gasteiger partial charge in [0.1, 0.15) is 35.4 Å². The zero-order valence-corrected chi connectivity index (χ0v) is 89.1. The fourth-order valence-electron chi connectivity index (χ4n) is 16.6. The number of amides is 6. The highest BCUT2D eigenvalue weighted by Gasteiger charge is 2.42. The quantitative estimate of drug-likeness (QED) is 0.00989. The summed E-state index contributed by atoms with van der Waals surface area (Å²) in [4.78, 5) is 266. The lowest BCUT2D eigenvalue weighted by atomic mass is 9.88. The number of carbonyl (C=O) groups is 19. The topological polar surface area (TPSA) is 637 Å². The molecule has 18 atom stereocenters. The summed E-state index contributed by atoms with van der Waals surface area (Å²) in [5, 5.41) is 60.1. The molecule has 41 heteroatoms. The molecule has 1 aromatic heterocycles.